The Kier molecular flexibility index (Phi) is 3.76. The normalized spacial score (nSPS) is 13.8. The van der Waals surface area contributed by atoms with Gasteiger partial charge in [0.1, 0.15) is 4.83 Å². The van der Waals surface area contributed by atoms with E-state index in [1.54, 1.807) is 0 Å². The van der Waals surface area contributed by atoms with Gasteiger partial charge in [-0.15, -0.1) is 11.3 Å². The van der Waals surface area contributed by atoms with E-state index in [-0.39, 0.29) is 0 Å². The summed E-state index contributed by atoms with van der Waals surface area (Å²) in [6.07, 6.45) is 0. The first kappa shape index (κ1) is 20.8. The van der Waals surface area contributed by atoms with E-state index in [9.17, 15) is 10.5 Å². The van der Waals surface area contributed by atoms with Crippen LogP contribution in [0.5, 0.6) is 0 Å². The first-order valence-electron chi connectivity index (χ1n) is 12.9. The maximum Gasteiger partial charge on any atom is 0.109 e. The number of benzene rings is 5. The molecule has 1 spiro atoms. The van der Waals surface area contributed by atoms with Gasteiger partial charge in [0.25, 0.3) is 0 Å². The second-order valence-corrected chi connectivity index (χ2v) is 11.4. The minimum absolute atomic E-state index is 0.638. The number of hydrogen-bond donors (Lipinski definition) is 0. The largest absolute Gasteiger partial charge is 0.300 e. The number of hydrogen-bond acceptors (Lipinski definition) is 3. The van der Waals surface area contributed by atoms with Crippen LogP contribution in [0.25, 0.3) is 48.0 Å². The van der Waals surface area contributed by atoms with Gasteiger partial charge in [0, 0.05) is 20.9 Å². The van der Waals surface area contributed by atoms with Gasteiger partial charge < -0.3 is 4.57 Å². The summed E-state index contributed by atoms with van der Waals surface area (Å²) in [5.41, 5.74) is 9.78. The summed E-state index contributed by atoms with van der Waals surface area (Å²) in [4.78, 5) is 1.25. The van der Waals surface area contributed by atoms with E-state index in [4.69, 9.17) is 0 Å². The number of para-hydroxylation sites is 2. The highest BCUT2D eigenvalue weighted by Gasteiger charge is 2.51. The van der Waals surface area contributed by atoms with Gasteiger partial charge in [0.15, 0.2) is 0 Å². The van der Waals surface area contributed by atoms with Crippen molar-refractivity contribution in [2.45, 2.75) is 5.41 Å². The van der Waals surface area contributed by atoms with Crippen molar-refractivity contribution in [3.63, 3.8) is 0 Å². The van der Waals surface area contributed by atoms with Crippen LogP contribution in [0.4, 0.5) is 0 Å². The van der Waals surface area contributed by atoms with Gasteiger partial charge in [-0.25, -0.2) is 0 Å². The SMILES string of the molecule is N#Cc1ccc2c(c1)C1(c3cc(C#N)ccc3-2)c2ccccc2-n2c3sc4ccccc4c3c3cccc1c32. The van der Waals surface area contributed by atoms with Gasteiger partial charge in [-0.05, 0) is 69.8 Å². The molecule has 1 aliphatic heterocycles. The van der Waals surface area contributed by atoms with Gasteiger partial charge in [-0.2, -0.15) is 10.5 Å². The van der Waals surface area contributed by atoms with Crippen molar-refractivity contribution in [2.75, 3.05) is 0 Å². The number of thiophene rings is 1. The van der Waals surface area contributed by atoms with Crippen LogP contribution in [0, 0.1) is 22.7 Å². The van der Waals surface area contributed by atoms with Crippen LogP contribution in [-0.4, -0.2) is 4.57 Å². The van der Waals surface area contributed by atoms with Crippen molar-refractivity contribution in [1.29, 1.82) is 10.5 Å². The topological polar surface area (TPSA) is 52.5 Å². The monoisotopic (exact) mass is 511 g/mol. The first-order chi connectivity index (χ1) is 19.3. The van der Waals surface area contributed by atoms with E-state index >= 15 is 0 Å². The van der Waals surface area contributed by atoms with Crippen molar-refractivity contribution in [2.24, 2.45) is 0 Å². The van der Waals surface area contributed by atoms with Crippen LogP contribution in [-0.2, 0) is 5.41 Å². The van der Waals surface area contributed by atoms with Crippen molar-refractivity contribution < 1.29 is 0 Å². The quantitative estimate of drug-likeness (QED) is 0.205. The Morgan fingerprint density at radius 3 is 2.00 bits per heavy atom. The lowest BCUT2D eigenvalue weighted by atomic mass is 9.65. The van der Waals surface area contributed by atoms with Crippen LogP contribution >= 0.6 is 11.3 Å². The molecule has 0 radical (unpaired) electrons. The zero-order chi connectivity index (χ0) is 25.9. The Labute approximate surface area is 228 Å². The molecular weight excluding hydrogens is 494 g/mol. The molecule has 3 heterocycles. The molecule has 0 saturated carbocycles. The van der Waals surface area contributed by atoms with Gasteiger partial charge in [-0.3, -0.25) is 0 Å². The Bertz CT molecular complexity index is 2260. The van der Waals surface area contributed by atoms with Gasteiger partial charge >= 0.3 is 0 Å². The standard InChI is InChI=1S/C35H17N3S/c36-18-20-12-14-22-23-15-13-21(19-37)17-29(23)35(28(22)16-20)26-8-2-3-10-30(26)38-33-25(7-5-9-27(33)35)32-24-6-1-4-11-31(24)39-34(32)38/h1-17H. The summed E-state index contributed by atoms with van der Waals surface area (Å²) in [6, 6.07) is 40.8. The molecule has 0 N–H and O–H groups in total. The first-order valence-corrected chi connectivity index (χ1v) is 13.7. The fourth-order valence-electron chi connectivity index (χ4n) is 7.24. The molecule has 0 saturated heterocycles. The van der Waals surface area contributed by atoms with Crippen molar-refractivity contribution >= 4 is 42.5 Å². The smallest absolute Gasteiger partial charge is 0.109 e. The molecule has 0 amide bonds. The molecule has 4 heteroatoms. The van der Waals surface area contributed by atoms with Crippen LogP contribution in [0.2, 0.25) is 0 Å². The molecule has 0 atom stereocenters. The molecule has 5 aromatic carbocycles. The number of aromatic nitrogens is 1. The van der Waals surface area contributed by atoms with E-state index < -0.39 is 5.41 Å². The zero-order valence-electron chi connectivity index (χ0n) is 20.6. The highest BCUT2D eigenvalue weighted by atomic mass is 32.1. The molecule has 39 heavy (non-hydrogen) atoms. The average Bonchev–Trinajstić information content (AvgIpc) is 3.62. The number of rotatable bonds is 0. The zero-order valence-corrected chi connectivity index (χ0v) is 21.4. The number of nitriles is 2. The third kappa shape index (κ3) is 2.29. The highest BCUT2D eigenvalue weighted by Crippen LogP contribution is 2.61. The molecule has 178 valence electrons. The van der Waals surface area contributed by atoms with Crippen LogP contribution in [0.1, 0.15) is 33.4 Å². The van der Waals surface area contributed by atoms with Gasteiger partial charge in [-0.1, -0.05) is 66.7 Å². The second-order valence-electron chi connectivity index (χ2n) is 10.3. The van der Waals surface area contributed by atoms with Crippen molar-refractivity contribution in [1.82, 2.24) is 4.57 Å². The van der Waals surface area contributed by atoms with E-state index in [1.807, 2.05) is 23.5 Å². The van der Waals surface area contributed by atoms with Crippen LogP contribution < -0.4 is 0 Å². The van der Waals surface area contributed by atoms with Crippen LogP contribution in [0.15, 0.2) is 103 Å². The van der Waals surface area contributed by atoms with Crippen LogP contribution in [0.3, 0.4) is 0 Å². The van der Waals surface area contributed by atoms with E-state index in [1.165, 1.54) is 42.3 Å². The predicted octanol–water partition coefficient (Wildman–Crippen LogP) is 8.42. The Morgan fingerprint density at radius 1 is 0.615 bits per heavy atom. The van der Waals surface area contributed by atoms with E-state index in [2.05, 4.69) is 108 Å². The Hall–Kier alpha value is -5.16. The summed E-state index contributed by atoms with van der Waals surface area (Å²) in [5, 5.41) is 23.7. The molecule has 3 nitrogen and oxygen atoms in total. The second kappa shape index (κ2) is 7.03. The fraction of sp³-hybridized carbons (Fsp3) is 0.0286. The summed E-state index contributed by atoms with van der Waals surface area (Å²) >= 11 is 1.84. The lowest BCUT2D eigenvalue weighted by Gasteiger charge is -2.39. The summed E-state index contributed by atoms with van der Waals surface area (Å²) in [6.45, 7) is 0. The number of nitrogens with zero attached hydrogens (tertiary/aromatic N) is 3. The lowest BCUT2D eigenvalue weighted by molar-refractivity contribution is 0.748. The molecular formula is C35H17N3S. The average molecular weight is 512 g/mol. The molecule has 1 aliphatic carbocycles. The third-order valence-corrected chi connectivity index (χ3v) is 9.81. The molecule has 7 aromatic rings. The minimum atomic E-state index is -0.646. The molecule has 0 fully saturated rings. The summed E-state index contributed by atoms with van der Waals surface area (Å²) < 4.78 is 3.73. The van der Waals surface area contributed by atoms with Crippen molar-refractivity contribution in [3.8, 4) is 29.0 Å². The molecule has 2 aromatic heterocycles. The summed E-state index contributed by atoms with van der Waals surface area (Å²) in [5.74, 6) is 0. The van der Waals surface area contributed by atoms with Gasteiger partial charge in [0.05, 0.1) is 39.9 Å². The molecule has 0 unspecified atom stereocenters. The predicted molar refractivity (Wildman–Crippen MR) is 156 cm³/mol. The number of fused-ring (bicyclic) bond motifs is 14. The van der Waals surface area contributed by atoms with Gasteiger partial charge in [0.2, 0.25) is 0 Å². The van der Waals surface area contributed by atoms with E-state index in [0.717, 1.165) is 27.9 Å². The molecule has 2 aliphatic rings. The maximum absolute atomic E-state index is 9.93. The Morgan fingerprint density at radius 2 is 1.26 bits per heavy atom. The lowest BCUT2D eigenvalue weighted by Crippen LogP contribution is -2.33. The third-order valence-electron chi connectivity index (χ3n) is 8.66. The Balaban J connectivity index is 1.57. The van der Waals surface area contributed by atoms with E-state index in [0.29, 0.717) is 11.1 Å². The van der Waals surface area contributed by atoms with Crippen molar-refractivity contribution in [3.05, 3.63) is 137 Å². The summed E-state index contributed by atoms with van der Waals surface area (Å²) in [7, 11) is 0. The maximum atomic E-state index is 9.93. The highest BCUT2D eigenvalue weighted by molar-refractivity contribution is 7.25. The molecule has 9 rings (SSSR count). The fourth-order valence-corrected chi connectivity index (χ4v) is 8.48. The molecule has 0 bridgehead atoms. The minimum Gasteiger partial charge on any atom is -0.300 e.